The van der Waals surface area contributed by atoms with Gasteiger partial charge in [-0.15, -0.1) is 0 Å². The first kappa shape index (κ1) is 12.6. The maximum Gasteiger partial charge on any atom is 0.138 e. The number of hydrogen-bond donors (Lipinski definition) is 2. The summed E-state index contributed by atoms with van der Waals surface area (Å²) in [5.41, 5.74) is 2.51. The van der Waals surface area contributed by atoms with E-state index in [0.717, 1.165) is 31.1 Å². The molecule has 4 nitrogen and oxygen atoms in total. The molecule has 0 aromatic carbocycles. The van der Waals surface area contributed by atoms with Crippen LogP contribution in [0.1, 0.15) is 37.3 Å². The lowest BCUT2D eigenvalue weighted by Gasteiger charge is -2.39. The summed E-state index contributed by atoms with van der Waals surface area (Å²) in [6.45, 7) is 11.6. The van der Waals surface area contributed by atoms with Gasteiger partial charge in [0.15, 0.2) is 0 Å². The zero-order chi connectivity index (χ0) is 12.5. The molecule has 96 valence electrons. The Labute approximate surface area is 103 Å². The molecule has 1 aromatic rings. The first-order chi connectivity index (χ1) is 8.00. The van der Waals surface area contributed by atoms with Gasteiger partial charge in [0.1, 0.15) is 5.76 Å². The van der Waals surface area contributed by atoms with Gasteiger partial charge in [-0.25, -0.2) is 0 Å². The van der Waals surface area contributed by atoms with Crippen LogP contribution in [0, 0.1) is 19.3 Å². The van der Waals surface area contributed by atoms with E-state index >= 15 is 0 Å². The molecule has 4 heteroatoms. The van der Waals surface area contributed by atoms with Crippen molar-refractivity contribution in [2.24, 2.45) is 5.41 Å². The second-order valence-electron chi connectivity index (χ2n) is 5.69. The summed E-state index contributed by atoms with van der Waals surface area (Å²) in [6.07, 6.45) is 1.18. The van der Waals surface area contributed by atoms with E-state index in [2.05, 4.69) is 29.6 Å². The molecule has 1 unspecified atom stereocenters. The molecule has 1 atom stereocenters. The Balaban J connectivity index is 1.98. The predicted octanol–water partition coefficient (Wildman–Crippen LogP) is 1.77. The molecule has 0 spiro atoms. The maximum atomic E-state index is 5.18. The number of rotatable bonds is 3. The van der Waals surface area contributed by atoms with Crippen LogP contribution < -0.4 is 10.6 Å². The molecule has 0 aliphatic carbocycles. The van der Waals surface area contributed by atoms with Crippen LogP contribution in [0.3, 0.4) is 0 Å². The molecule has 2 heterocycles. The Morgan fingerprint density at radius 2 is 2.24 bits per heavy atom. The van der Waals surface area contributed by atoms with Crippen molar-refractivity contribution >= 4 is 0 Å². The molecule has 0 saturated carbocycles. The number of aryl methyl sites for hydroxylation is 2. The molecule has 1 aliphatic rings. The van der Waals surface area contributed by atoms with Crippen molar-refractivity contribution in [2.75, 3.05) is 13.1 Å². The molecular formula is C13H23N3O. The van der Waals surface area contributed by atoms with Gasteiger partial charge in [0.05, 0.1) is 5.69 Å². The smallest absolute Gasteiger partial charge is 0.138 e. The summed E-state index contributed by atoms with van der Waals surface area (Å²) in [6, 6.07) is 0.553. The van der Waals surface area contributed by atoms with Crippen molar-refractivity contribution < 1.29 is 4.52 Å². The van der Waals surface area contributed by atoms with E-state index in [0.29, 0.717) is 11.5 Å². The Hall–Kier alpha value is -0.870. The highest BCUT2D eigenvalue weighted by molar-refractivity contribution is 5.20. The number of hydrogen-bond acceptors (Lipinski definition) is 4. The van der Waals surface area contributed by atoms with Gasteiger partial charge in [-0.1, -0.05) is 19.0 Å². The van der Waals surface area contributed by atoms with Gasteiger partial charge in [0.2, 0.25) is 0 Å². The number of piperidine rings is 1. The fraction of sp³-hybridized carbons (Fsp3) is 0.769. The van der Waals surface area contributed by atoms with Gasteiger partial charge in [-0.2, -0.15) is 0 Å². The average molecular weight is 237 g/mol. The Morgan fingerprint density at radius 1 is 1.47 bits per heavy atom. The van der Waals surface area contributed by atoms with E-state index in [4.69, 9.17) is 4.52 Å². The van der Waals surface area contributed by atoms with Crippen LogP contribution >= 0.6 is 0 Å². The predicted molar refractivity (Wildman–Crippen MR) is 67.9 cm³/mol. The highest BCUT2D eigenvalue weighted by Crippen LogP contribution is 2.25. The molecule has 1 aliphatic heterocycles. The first-order valence-corrected chi connectivity index (χ1v) is 6.36. The van der Waals surface area contributed by atoms with Gasteiger partial charge in [-0.05, 0) is 32.2 Å². The van der Waals surface area contributed by atoms with Crippen LogP contribution in [0.2, 0.25) is 0 Å². The summed E-state index contributed by atoms with van der Waals surface area (Å²) in [5, 5.41) is 11.1. The molecule has 1 aromatic heterocycles. The summed E-state index contributed by atoms with van der Waals surface area (Å²) < 4.78 is 5.18. The molecule has 17 heavy (non-hydrogen) atoms. The molecular weight excluding hydrogens is 214 g/mol. The van der Waals surface area contributed by atoms with Crippen molar-refractivity contribution in [1.29, 1.82) is 0 Å². The highest BCUT2D eigenvalue weighted by atomic mass is 16.5. The second kappa shape index (κ2) is 4.78. The molecule has 0 amide bonds. The Kier molecular flexibility index (Phi) is 3.54. The molecule has 2 N–H and O–H groups in total. The molecule has 1 saturated heterocycles. The maximum absolute atomic E-state index is 5.18. The third-order valence-corrected chi connectivity index (χ3v) is 3.84. The lowest BCUT2D eigenvalue weighted by Crippen LogP contribution is -2.52. The highest BCUT2D eigenvalue weighted by Gasteiger charge is 2.31. The van der Waals surface area contributed by atoms with Crippen molar-refractivity contribution in [3.63, 3.8) is 0 Å². The minimum atomic E-state index is 0.303. The normalized spacial score (nSPS) is 23.9. The Morgan fingerprint density at radius 3 is 2.82 bits per heavy atom. The van der Waals surface area contributed by atoms with Crippen molar-refractivity contribution in [3.8, 4) is 0 Å². The van der Waals surface area contributed by atoms with E-state index in [1.807, 2.05) is 13.8 Å². The van der Waals surface area contributed by atoms with Crippen LogP contribution in [0.25, 0.3) is 0 Å². The van der Waals surface area contributed by atoms with Crippen LogP contribution in [-0.4, -0.2) is 24.3 Å². The first-order valence-electron chi connectivity index (χ1n) is 6.36. The van der Waals surface area contributed by atoms with Gasteiger partial charge < -0.3 is 15.2 Å². The molecule has 1 fully saturated rings. The van der Waals surface area contributed by atoms with E-state index < -0.39 is 0 Å². The van der Waals surface area contributed by atoms with Crippen LogP contribution in [0.15, 0.2) is 4.52 Å². The lowest BCUT2D eigenvalue weighted by atomic mass is 9.80. The number of aromatic nitrogens is 1. The fourth-order valence-electron chi connectivity index (χ4n) is 2.53. The Bertz CT molecular complexity index is 365. The van der Waals surface area contributed by atoms with Gasteiger partial charge in [0, 0.05) is 24.7 Å². The number of nitrogens with zero attached hydrogens (tertiary/aromatic N) is 1. The van der Waals surface area contributed by atoms with Crippen LogP contribution in [0.5, 0.6) is 0 Å². The van der Waals surface area contributed by atoms with E-state index in [1.165, 1.54) is 12.0 Å². The van der Waals surface area contributed by atoms with E-state index in [1.54, 1.807) is 0 Å². The van der Waals surface area contributed by atoms with Gasteiger partial charge in [0.25, 0.3) is 0 Å². The molecule has 2 rings (SSSR count). The van der Waals surface area contributed by atoms with E-state index in [9.17, 15) is 0 Å². The topological polar surface area (TPSA) is 50.1 Å². The minimum absolute atomic E-state index is 0.303. The molecule has 0 radical (unpaired) electrons. The van der Waals surface area contributed by atoms with Crippen molar-refractivity contribution in [2.45, 2.75) is 46.7 Å². The third kappa shape index (κ3) is 2.69. The number of nitrogens with one attached hydrogen (secondary N) is 2. The minimum Gasteiger partial charge on any atom is -0.361 e. The van der Waals surface area contributed by atoms with Crippen molar-refractivity contribution in [3.05, 3.63) is 17.0 Å². The SMILES string of the molecule is Cc1noc(C)c1CNC1CCNCC1(C)C. The van der Waals surface area contributed by atoms with Crippen LogP contribution in [-0.2, 0) is 6.54 Å². The van der Waals surface area contributed by atoms with E-state index in [-0.39, 0.29) is 0 Å². The summed E-state index contributed by atoms with van der Waals surface area (Å²) in [5.74, 6) is 0.932. The van der Waals surface area contributed by atoms with Gasteiger partial charge >= 0.3 is 0 Å². The fourth-order valence-corrected chi connectivity index (χ4v) is 2.53. The quantitative estimate of drug-likeness (QED) is 0.841. The standard InChI is InChI=1S/C13H23N3O/c1-9-11(10(2)17-16-9)7-15-12-5-6-14-8-13(12,3)4/h12,14-15H,5-8H2,1-4H3. The average Bonchev–Trinajstić information content (AvgIpc) is 2.57. The monoisotopic (exact) mass is 237 g/mol. The van der Waals surface area contributed by atoms with Crippen LogP contribution in [0.4, 0.5) is 0 Å². The lowest BCUT2D eigenvalue weighted by molar-refractivity contribution is 0.183. The summed E-state index contributed by atoms with van der Waals surface area (Å²) >= 11 is 0. The summed E-state index contributed by atoms with van der Waals surface area (Å²) in [4.78, 5) is 0. The van der Waals surface area contributed by atoms with Gasteiger partial charge in [-0.3, -0.25) is 0 Å². The molecule has 0 bridgehead atoms. The van der Waals surface area contributed by atoms with Crippen molar-refractivity contribution in [1.82, 2.24) is 15.8 Å². The largest absolute Gasteiger partial charge is 0.361 e. The third-order valence-electron chi connectivity index (χ3n) is 3.84. The zero-order valence-electron chi connectivity index (χ0n) is 11.3. The second-order valence-corrected chi connectivity index (χ2v) is 5.69. The summed E-state index contributed by atoms with van der Waals surface area (Å²) in [7, 11) is 0. The zero-order valence-corrected chi connectivity index (χ0v) is 11.3.